The Morgan fingerprint density at radius 2 is 2.00 bits per heavy atom. The van der Waals surface area contributed by atoms with Crippen LogP contribution in [0.25, 0.3) is 10.9 Å². The van der Waals surface area contributed by atoms with Gasteiger partial charge in [-0.3, -0.25) is 4.68 Å². The summed E-state index contributed by atoms with van der Waals surface area (Å²) in [5.41, 5.74) is 3.42. The van der Waals surface area contributed by atoms with Crippen LogP contribution in [0.5, 0.6) is 5.88 Å². The van der Waals surface area contributed by atoms with Crippen molar-refractivity contribution in [2.24, 2.45) is 7.05 Å². The number of nitrogens with zero attached hydrogens (tertiary/aromatic N) is 2. The molecule has 3 aromatic rings. The second-order valence-electron chi connectivity index (χ2n) is 5.49. The number of benzene rings is 2. The molecule has 0 radical (unpaired) electrons. The molecule has 0 atom stereocenters. The van der Waals surface area contributed by atoms with Gasteiger partial charge >= 0.3 is 6.03 Å². The highest BCUT2D eigenvalue weighted by Gasteiger charge is 2.11. The molecule has 0 saturated carbocycles. The number of fused-ring (bicyclic) bond motifs is 1. The summed E-state index contributed by atoms with van der Waals surface area (Å²) in [4.78, 5) is 12.2. The molecule has 2 N–H and O–H groups in total. The molecule has 0 unspecified atom stereocenters. The standard InChI is InChI=1S/C18H20N4O2/c1-4-24-17-14-11-13(9-10-16(14)22(3)21-17)19-18(23)20-15-8-6-5-7-12(15)2/h5-11H,4H2,1-3H3,(H2,19,20,23). The van der Waals surface area contributed by atoms with Crippen LogP contribution in [0.15, 0.2) is 42.5 Å². The van der Waals surface area contributed by atoms with Crippen LogP contribution in [0.2, 0.25) is 0 Å². The van der Waals surface area contributed by atoms with Gasteiger partial charge in [-0.15, -0.1) is 5.10 Å². The number of carbonyl (C=O) groups is 1. The van der Waals surface area contributed by atoms with Crippen molar-refractivity contribution in [3.8, 4) is 5.88 Å². The van der Waals surface area contributed by atoms with Crippen LogP contribution in [0.1, 0.15) is 12.5 Å². The molecule has 0 aliphatic heterocycles. The Hall–Kier alpha value is -3.02. The van der Waals surface area contributed by atoms with E-state index in [4.69, 9.17) is 4.74 Å². The number of ether oxygens (including phenoxy) is 1. The second-order valence-corrected chi connectivity index (χ2v) is 5.49. The molecule has 0 aliphatic carbocycles. The summed E-state index contributed by atoms with van der Waals surface area (Å²) < 4.78 is 7.31. The van der Waals surface area contributed by atoms with E-state index in [9.17, 15) is 4.79 Å². The number of para-hydroxylation sites is 1. The third-order valence-electron chi connectivity index (χ3n) is 3.75. The Balaban J connectivity index is 1.81. The number of aromatic nitrogens is 2. The first-order valence-electron chi connectivity index (χ1n) is 7.81. The largest absolute Gasteiger partial charge is 0.476 e. The summed E-state index contributed by atoms with van der Waals surface area (Å²) in [5, 5.41) is 10.9. The smallest absolute Gasteiger partial charge is 0.323 e. The second kappa shape index (κ2) is 6.62. The number of rotatable bonds is 4. The zero-order chi connectivity index (χ0) is 17.1. The lowest BCUT2D eigenvalue weighted by Crippen LogP contribution is -2.19. The van der Waals surface area contributed by atoms with Crippen molar-refractivity contribution < 1.29 is 9.53 Å². The minimum Gasteiger partial charge on any atom is -0.476 e. The lowest BCUT2D eigenvalue weighted by Gasteiger charge is -2.10. The van der Waals surface area contributed by atoms with Gasteiger partial charge in [0.25, 0.3) is 0 Å². The summed E-state index contributed by atoms with van der Waals surface area (Å²) in [7, 11) is 1.86. The Morgan fingerprint density at radius 1 is 1.21 bits per heavy atom. The van der Waals surface area contributed by atoms with Gasteiger partial charge < -0.3 is 15.4 Å². The minimum absolute atomic E-state index is 0.287. The Bertz CT molecular complexity index is 886. The average Bonchev–Trinajstić information content (AvgIpc) is 2.86. The summed E-state index contributed by atoms with van der Waals surface area (Å²) >= 11 is 0. The van der Waals surface area contributed by atoms with Crippen LogP contribution in [0.4, 0.5) is 16.2 Å². The van der Waals surface area contributed by atoms with Crippen molar-refractivity contribution in [1.82, 2.24) is 9.78 Å². The highest BCUT2D eigenvalue weighted by Crippen LogP contribution is 2.27. The lowest BCUT2D eigenvalue weighted by molar-refractivity contribution is 0.262. The van der Waals surface area contributed by atoms with Crippen molar-refractivity contribution >= 4 is 28.3 Å². The fourth-order valence-corrected chi connectivity index (χ4v) is 2.55. The first-order chi connectivity index (χ1) is 11.6. The molecular formula is C18H20N4O2. The van der Waals surface area contributed by atoms with Gasteiger partial charge in [-0.1, -0.05) is 18.2 Å². The van der Waals surface area contributed by atoms with Gasteiger partial charge in [0.15, 0.2) is 0 Å². The van der Waals surface area contributed by atoms with E-state index >= 15 is 0 Å². The van der Waals surface area contributed by atoms with Gasteiger partial charge in [0.1, 0.15) is 0 Å². The SMILES string of the molecule is CCOc1nn(C)c2ccc(NC(=O)Nc3ccccc3C)cc12. The quantitative estimate of drug-likeness (QED) is 0.764. The predicted octanol–water partition coefficient (Wildman–Crippen LogP) is 3.92. The molecule has 0 fully saturated rings. The number of carbonyl (C=O) groups excluding carboxylic acids is 1. The fraction of sp³-hybridized carbons (Fsp3) is 0.222. The van der Waals surface area contributed by atoms with Crippen LogP contribution in [-0.4, -0.2) is 22.4 Å². The normalized spacial score (nSPS) is 10.6. The molecule has 124 valence electrons. The first kappa shape index (κ1) is 15.9. The van der Waals surface area contributed by atoms with Crippen LogP contribution in [-0.2, 0) is 7.05 Å². The zero-order valence-corrected chi connectivity index (χ0v) is 14.0. The summed E-state index contributed by atoms with van der Waals surface area (Å²) in [5.74, 6) is 0.568. The van der Waals surface area contributed by atoms with Gasteiger partial charge in [-0.2, -0.15) is 0 Å². The maximum Gasteiger partial charge on any atom is 0.323 e. The van der Waals surface area contributed by atoms with Crippen LogP contribution in [0, 0.1) is 6.92 Å². The molecule has 0 spiro atoms. The topological polar surface area (TPSA) is 68.2 Å². The van der Waals surface area contributed by atoms with Gasteiger partial charge in [-0.25, -0.2) is 4.79 Å². The predicted molar refractivity (Wildman–Crippen MR) is 95.7 cm³/mol. The number of anilines is 2. The summed E-state index contributed by atoms with van der Waals surface area (Å²) in [6, 6.07) is 13.0. The van der Waals surface area contributed by atoms with E-state index in [1.165, 1.54) is 0 Å². The Kier molecular flexibility index (Phi) is 4.37. The van der Waals surface area contributed by atoms with E-state index < -0.39 is 0 Å². The molecule has 1 aromatic heterocycles. The minimum atomic E-state index is -0.287. The Labute approximate surface area is 140 Å². The molecule has 6 nitrogen and oxygen atoms in total. The maximum atomic E-state index is 12.2. The van der Waals surface area contributed by atoms with Crippen molar-refractivity contribution in [3.63, 3.8) is 0 Å². The van der Waals surface area contributed by atoms with Crippen molar-refractivity contribution in [2.45, 2.75) is 13.8 Å². The fourth-order valence-electron chi connectivity index (χ4n) is 2.55. The van der Waals surface area contributed by atoms with E-state index in [2.05, 4.69) is 15.7 Å². The van der Waals surface area contributed by atoms with Gasteiger partial charge in [0, 0.05) is 18.4 Å². The number of amides is 2. The van der Waals surface area contributed by atoms with Crippen molar-refractivity contribution in [3.05, 3.63) is 48.0 Å². The van der Waals surface area contributed by atoms with Gasteiger partial charge in [0.2, 0.25) is 5.88 Å². The highest BCUT2D eigenvalue weighted by molar-refractivity contribution is 6.01. The van der Waals surface area contributed by atoms with E-state index in [1.54, 1.807) is 4.68 Å². The van der Waals surface area contributed by atoms with E-state index in [-0.39, 0.29) is 6.03 Å². The van der Waals surface area contributed by atoms with Crippen molar-refractivity contribution in [2.75, 3.05) is 17.2 Å². The number of aryl methyl sites for hydroxylation is 2. The molecule has 2 aromatic carbocycles. The third-order valence-corrected chi connectivity index (χ3v) is 3.75. The monoisotopic (exact) mass is 324 g/mol. The molecule has 24 heavy (non-hydrogen) atoms. The average molecular weight is 324 g/mol. The summed E-state index contributed by atoms with van der Waals surface area (Å²) in [6.07, 6.45) is 0. The first-order valence-corrected chi connectivity index (χ1v) is 7.81. The maximum absolute atomic E-state index is 12.2. The molecule has 3 rings (SSSR count). The molecule has 6 heteroatoms. The lowest BCUT2D eigenvalue weighted by atomic mass is 10.2. The number of hydrogen-bond acceptors (Lipinski definition) is 3. The van der Waals surface area contributed by atoms with Gasteiger partial charge in [0.05, 0.1) is 17.5 Å². The zero-order valence-electron chi connectivity index (χ0n) is 14.0. The molecule has 0 aliphatic rings. The van der Waals surface area contributed by atoms with E-state index in [1.807, 2.05) is 63.4 Å². The molecular weight excluding hydrogens is 304 g/mol. The van der Waals surface area contributed by atoms with Crippen LogP contribution < -0.4 is 15.4 Å². The molecule has 1 heterocycles. The number of urea groups is 1. The third kappa shape index (κ3) is 3.17. The number of hydrogen-bond donors (Lipinski definition) is 2. The van der Waals surface area contributed by atoms with E-state index in [0.717, 1.165) is 22.2 Å². The molecule has 0 bridgehead atoms. The molecule has 2 amide bonds. The van der Waals surface area contributed by atoms with Crippen LogP contribution >= 0.6 is 0 Å². The Morgan fingerprint density at radius 3 is 2.75 bits per heavy atom. The number of nitrogens with one attached hydrogen (secondary N) is 2. The van der Waals surface area contributed by atoms with Gasteiger partial charge in [-0.05, 0) is 43.7 Å². The molecule has 0 saturated heterocycles. The van der Waals surface area contributed by atoms with E-state index in [0.29, 0.717) is 18.2 Å². The van der Waals surface area contributed by atoms with Crippen molar-refractivity contribution in [1.29, 1.82) is 0 Å². The summed E-state index contributed by atoms with van der Waals surface area (Å²) in [6.45, 7) is 4.40. The highest BCUT2D eigenvalue weighted by atomic mass is 16.5. The van der Waals surface area contributed by atoms with Crippen LogP contribution in [0.3, 0.4) is 0 Å².